The summed E-state index contributed by atoms with van der Waals surface area (Å²) in [7, 11) is 0. The summed E-state index contributed by atoms with van der Waals surface area (Å²) in [6.07, 6.45) is 0. The van der Waals surface area contributed by atoms with E-state index in [9.17, 15) is 24.5 Å². The Labute approximate surface area is 181 Å². The molecule has 1 aliphatic rings. The van der Waals surface area contributed by atoms with Crippen molar-refractivity contribution >= 4 is 34.7 Å². The summed E-state index contributed by atoms with van der Waals surface area (Å²) >= 11 is 1.47. The number of hydrogen-bond acceptors (Lipinski definition) is 6. The Balaban J connectivity index is 1.62. The molecule has 1 aromatic heterocycles. The van der Waals surface area contributed by atoms with E-state index in [1.165, 1.54) is 36.5 Å². The molecule has 156 valence electrons. The molecule has 3 aromatic rings. The van der Waals surface area contributed by atoms with Gasteiger partial charge in [-0.25, -0.2) is 0 Å². The van der Waals surface area contributed by atoms with Gasteiger partial charge in [-0.2, -0.15) is 0 Å². The minimum atomic E-state index is -1.15. The maximum absolute atomic E-state index is 13.1. The number of nitrogens with one attached hydrogen (secondary N) is 1. The zero-order chi connectivity index (χ0) is 22.1. The molecule has 0 saturated heterocycles. The van der Waals surface area contributed by atoms with E-state index in [1.807, 2.05) is 47.8 Å². The smallest absolute Gasteiger partial charge is 0.282 e. The Kier molecular flexibility index (Phi) is 5.35. The summed E-state index contributed by atoms with van der Waals surface area (Å²) in [6.45, 7) is 1.43. The Bertz CT molecular complexity index is 1180. The van der Waals surface area contributed by atoms with Gasteiger partial charge >= 0.3 is 0 Å². The fraction of sp³-hybridized carbons (Fsp3) is 0.136. The molecule has 0 saturated carbocycles. The third-order valence-corrected chi connectivity index (χ3v) is 6.07. The number of fused-ring (bicyclic) bond motifs is 1. The summed E-state index contributed by atoms with van der Waals surface area (Å²) in [5, 5.41) is 16.1. The molecule has 31 heavy (non-hydrogen) atoms. The Morgan fingerprint density at radius 2 is 1.77 bits per heavy atom. The zero-order valence-corrected chi connectivity index (χ0v) is 17.2. The maximum Gasteiger partial charge on any atom is 0.282 e. The minimum absolute atomic E-state index is 0.0725. The molecule has 8 nitrogen and oxygen atoms in total. The minimum Gasteiger partial charge on any atom is -0.343 e. The van der Waals surface area contributed by atoms with Crippen molar-refractivity contribution in [1.82, 2.24) is 10.2 Å². The standard InChI is InChI=1S/C22H17N3O5S/c1-13(24-21(27)15-9-5-10-16(25(29)30)18(15)22(24)28)20(26)23-19(17-11-6-12-31-17)14-7-3-2-4-8-14/h2-13,19H,1H3,(H,23,26)/t13-,19-/m1/s1. The Morgan fingerprint density at radius 3 is 2.42 bits per heavy atom. The van der Waals surface area contributed by atoms with Crippen LogP contribution < -0.4 is 5.32 Å². The van der Waals surface area contributed by atoms with Gasteiger partial charge in [-0.3, -0.25) is 29.4 Å². The Morgan fingerprint density at radius 1 is 1.03 bits per heavy atom. The lowest BCUT2D eigenvalue weighted by molar-refractivity contribution is -0.385. The molecule has 1 N–H and O–H groups in total. The number of carbonyl (C=O) groups excluding carboxylic acids is 3. The summed E-state index contributed by atoms with van der Waals surface area (Å²) in [5.41, 5.74) is 0.0435. The second-order valence-electron chi connectivity index (χ2n) is 6.98. The first kappa shape index (κ1) is 20.4. The van der Waals surface area contributed by atoms with E-state index in [-0.39, 0.29) is 11.1 Å². The summed E-state index contributed by atoms with van der Waals surface area (Å²) in [4.78, 5) is 51.1. The number of nitro benzene ring substituents is 1. The highest BCUT2D eigenvalue weighted by molar-refractivity contribution is 7.10. The highest BCUT2D eigenvalue weighted by Gasteiger charge is 2.45. The van der Waals surface area contributed by atoms with E-state index in [0.717, 1.165) is 15.3 Å². The van der Waals surface area contributed by atoms with E-state index < -0.39 is 40.4 Å². The van der Waals surface area contributed by atoms with Crippen LogP contribution in [0.3, 0.4) is 0 Å². The highest BCUT2D eigenvalue weighted by atomic mass is 32.1. The number of amides is 3. The van der Waals surface area contributed by atoms with Crippen molar-refractivity contribution < 1.29 is 19.3 Å². The summed E-state index contributed by atoms with van der Waals surface area (Å²) < 4.78 is 0. The van der Waals surface area contributed by atoms with Gasteiger partial charge < -0.3 is 5.32 Å². The molecule has 3 amide bonds. The first-order valence-electron chi connectivity index (χ1n) is 9.44. The van der Waals surface area contributed by atoms with Gasteiger partial charge in [0.05, 0.1) is 16.5 Å². The van der Waals surface area contributed by atoms with Crippen molar-refractivity contribution in [3.05, 3.63) is 97.7 Å². The van der Waals surface area contributed by atoms with Crippen LogP contribution >= 0.6 is 11.3 Å². The lowest BCUT2D eigenvalue weighted by Crippen LogP contribution is -2.48. The third-order valence-electron chi connectivity index (χ3n) is 5.13. The van der Waals surface area contributed by atoms with Crippen LogP contribution in [0.15, 0.2) is 66.0 Å². The van der Waals surface area contributed by atoms with Crippen molar-refractivity contribution in [3.8, 4) is 0 Å². The van der Waals surface area contributed by atoms with Gasteiger partial charge in [0, 0.05) is 10.9 Å². The van der Waals surface area contributed by atoms with Gasteiger partial charge in [0.1, 0.15) is 11.6 Å². The fourth-order valence-electron chi connectivity index (χ4n) is 3.59. The van der Waals surface area contributed by atoms with E-state index in [4.69, 9.17) is 0 Å². The number of hydrogen-bond donors (Lipinski definition) is 1. The van der Waals surface area contributed by atoms with Gasteiger partial charge in [0.25, 0.3) is 17.5 Å². The molecule has 0 aliphatic carbocycles. The normalized spacial score (nSPS) is 14.8. The number of rotatable bonds is 6. The number of nitro groups is 1. The van der Waals surface area contributed by atoms with Gasteiger partial charge in [0.15, 0.2) is 0 Å². The average Bonchev–Trinajstić information content (AvgIpc) is 3.39. The molecule has 2 heterocycles. The molecule has 0 spiro atoms. The predicted molar refractivity (Wildman–Crippen MR) is 114 cm³/mol. The average molecular weight is 435 g/mol. The molecule has 9 heteroatoms. The maximum atomic E-state index is 13.1. The van der Waals surface area contributed by atoms with Crippen LogP contribution in [0.25, 0.3) is 0 Å². The molecular weight excluding hydrogens is 418 g/mol. The van der Waals surface area contributed by atoms with Crippen LogP contribution in [0.4, 0.5) is 5.69 Å². The van der Waals surface area contributed by atoms with Crippen LogP contribution in [-0.2, 0) is 4.79 Å². The fourth-order valence-corrected chi connectivity index (χ4v) is 4.39. The lowest BCUT2D eigenvalue weighted by Gasteiger charge is -2.25. The molecule has 0 radical (unpaired) electrons. The number of thiophene rings is 1. The monoisotopic (exact) mass is 435 g/mol. The van der Waals surface area contributed by atoms with E-state index in [0.29, 0.717) is 0 Å². The van der Waals surface area contributed by atoms with Gasteiger partial charge in [-0.1, -0.05) is 42.5 Å². The van der Waals surface area contributed by atoms with Gasteiger partial charge in [-0.05, 0) is 30.0 Å². The largest absolute Gasteiger partial charge is 0.343 e. The molecule has 0 unspecified atom stereocenters. The highest BCUT2D eigenvalue weighted by Crippen LogP contribution is 2.32. The van der Waals surface area contributed by atoms with Crippen LogP contribution in [0.5, 0.6) is 0 Å². The zero-order valence-electron chi connectivity index (χ0n) is 16.3. The lowest BCUT2D eigenvalue weighted by atomic mass is 10.0. The number of benzene rings is 2. The van der Waals surface area contributed by atoms with Crippen LogP contribution in [0.1, 0.15) is 44.1 Å². The SMILES string of the molecule is C[C@H](C(=O)N[C@H](c1ccccc1)c1cccs1)N1C(=O)c2cccc([N+](=O)[O-])c2C1=O. The quantitative estimate of drug-likeness (QED) is 0.362. The molecule has 0 fully saturated rings. The van der Waals surface area contributed by atoms with Crippen LogP contribution in [0.2, 0.25) is 0 Å². The van der Waals surface area contributed by atoms with Gasteiger partial charge in [0.2, 0.25) is 5.91 Å². The second kappa shape index (κ2) is 8.11. The Hall–Kier alpha value is -3.85. The first-order valence-corrected chi connectivity index (χ1v) is 10.3. The molecule has 2 atom stereocenters. The van der Waals surface area contributed by atoms with Crippen molar-refractivity contribution in [2.45, 2.75) is 19.0 Å². The van der Waals surface area contributed by atoms with Crippen molar-refractivity contribution in [1.29, 1.82) is 0 Å². The molecule has 1 aliphatic heterocycles. The third kappa shape index (κ3) is 3.59. The summed E-state index contributed by atoms with van der Waals surface area (Å²) in [5.74, 6) is -2.11. The molecule has 2 aromatic carbocycles. The van der Waals surface area contributed by atoms with E-state index in [2.05, 4.69) is 5.32 Å². The van der Waals surface area contributed by atoms with Crippen molar-refractivity contribution in [3.63, 3.8) is 0 Å². The first-order chi connectivity index (χ1) is 14.9. The topological polar surface area (TPSA) is 110 Å². The number of carbonyl (C=O) groups is 3. The van der Waals surface area contributed by atoms with E-state index >= 15 is 0 Å². The number of imide groups is 1. The number of nitrogens with zero attached hydrogens (tertiary/aromatic N) is 2. The van der Waals surface area contributed by atoms with Gasteiger partial charge in [-0.15, -0.1) is 11.3 Å². The van der Waals surface area contributed by atoms with Crippen molar-refractivity contribution in [2.75, 3.05) is 0 Å². The molecule has 4 rings (SSSR count). The second-order valence-corrected chi connectivity index (χ2v) is 7.96. The van der Waals surface area contributed by atoms with Crippen LogP contribution in [-0.4, -0.2) is 33.6 Å². The predicted octanol–water partition coefficient (Wildman–Crippen LogP) is 3.55. The van der Waals surface area contributed by atoms with E-state index in [1.54, 1.807) is 0 Å². The molecular formula is C22H17N3O5S. The van der Waals surface area contributed by atoms with Crippen LogP contribution in [0, 0.1) is 10.1 Å². The van der Waals surface area contributed by atoms with Crippen molar-refractivity contribution in [2.24, 2.45) is 0 Å². The molecule has 0 bridgehead atoms. The summed E-state index contributed by atoms with van der Waals surface area (Å²) in [6, 6.07) is 15.3.